The van der Waals surface area contributed by atoms with E-state index < -0.39 is 34.2 Å². The largest absolute Gasteiger partial charge is 0.454 e. The highest BCUT2D eigenvalue weighted by Crippen LogP contribution is 2.18. The van der Waals surface area contributed by atoms with Gasteiger partial charge in [0.05, 0.1) is 18.1 Å². The Labute approximate surface area is 173 Å². The van der Waals surface area contributed by atoms with Gasteiger partial charge in [-0.3, -0.25) is 4.79 Å². The number of sulfonamides is 1. The number of carbonyl (C=O) groups excluding carboxylic acids is 2. The Morgan fingerprint density at radius 3 is 2.30 bits per heavy atom. The minimum Gasteiger partial charge on any atom is -0.454 e. The summed E-state index contributed by atoms with van der Waals surface area (Å²) in [6.45, 7) is 0.891. The molecule has 0 aromatic heterocycles. The van der Waals surface area contributed by atoms with Crippen LogP contribution in [-0.2, 0) is 24.3 Å². The van der Waals surface area contributed by atoms with Crippen LogP contribution in [0.25, 0.3) is 6.08 Å². The average molecular weight is 433 g/mol. The zero-order chi connectivity index (χ0) is 21.6. The first-order chi connectivity index (χ1) is 14.4. The molecule has 0 bridgehead atoms. The van der Waals surface area contributed by atoms with Gasteiger partial charge in [0.1, 0.15) is 5.82 Å². The topological polar surface area (TPSA) is 90.0 Å². The molecule has 1 aliphatic heterocycles. The van der Waals surface area contributed by atoms with Crippen LogP contribution in [0.2, 0.25) is 0 Å². The van der Waals surface area contributed by atoms with Crippen LogP contribution in [0, 0.1) is 5.82 Å². The highest BCUT2D eigenvalue weighted by Gasteiger charge is 2.25. The summed E-state index contributed by atoms with van der Waals surface area (Å²) in [6, 6.07) is 11.0. The third-order valence-corrected chi connectivity index (χ3v) is 6.32. The van der Waals surface area contributed by atoms with E-state index in [-0.39, 0.29) is 10.5 Å². The first-order valence-electron chi connectivity index (χ1n) is 9.18. The molecule has 0 aliphatic carbocycles. The highest BCUT2D eigenvalue weighted by atomic mass is 32.2. The number of hydrogen-bond acceptors (Lipinski definition) is 6. The van der Waals surface area contributed by atoms with Gasteiger partial charge >= 0.3 is 5.97 Å². The predicted octanol–water partition coefficient (Wildman–Crippen LogP) is 2.29. The lowest BCUT2D eigenvalue weighted by molar-refractivity contribution is -0.136. The summed E-state index contributed by atoms with van der Waals surface area (Å²) in [7, 11) is -3.58. The zero-order valence-electron chi connectivity index (χ0n) is 16.0. The first-order valence-corrected chi connectivity index (χ1v) is 10.6. The molecular weight excluding hydrogens is 413 g/mol. The van der Waals surface area contributed by atoms with Crippen molar-refractivity contribution in [3.05, 3.63) is 71.6 Å². The van der Waals surface area contributed by atoms with Crippen molar-refractivity contribution in [1.82, 2.24) is 4.31 Å². The Hall–Kier alpha value is -2.88. The van der Waals surface area contributed by atoms with Crippen LogP contribution in [0.1, 0.15) is 15.9 Å². The quantitative estimate of drug-likeness (QED) is 0.378. The van der Waals surface area contributed by atoms with E-state index in [1.807, 2.05) is 0 Å². The van der Waals surface area contributed by atoms with E-state index in [4.69, 9.17) is 9.47 Å². The molecule has 1 saturated heterocycles. The number of nitrogens with zero attached hydrogens (tertiary/aromatic N) is 1. The number of benzene rings is 2. The normalized spacial score (nSPS) is 15.2. The van der Waals surface area contributed by atoms with E-state index in [2.05, 4.69) is 0 Å². The summed E-state index contributed by atoms with van der Waals surface area (Å²) in [5.41, 5.74) is 0.836. The molecular formula is C21H20FNO6S. The average Bonchev–Trinajstić information content (AvgIpc) is 2.77. The molecule has 1 fully saturated rings. The van der Waals surface area contributed by atoms with E-state index >= 15 is 0 Å². The lowest BCUT2D eigenvalue weighted by Gasteiger charge is -2.26. The molecule has 0 spiro atoms. The Morgan fingerprint density at radius 1 is 1.03 bits per heavy atom. The lowest BCUT2D eigenvalue weighted by atomic mass is 10.1. The van der Waals surface area contributed by atoms with Crippen LogP contribution in [-0.4, -0.2) is 57.4 Å². The van der Waals surface area contributed by atoms with Crippen molar-refractivity contribution in [1.29, 1.82) is 0 Å². The number of Topliss-reactive ketones (excluding diaryl/α,β-unsaturated/α-hetero) is 1. The van der Waals surface area contributed by atoms with Gasteiger partial charge in [-0.05, 0) is 48.0 Å². The molecule has 2 aromatic carbocycles. The van der Waals surface area contributed by atoms with Crippen molar-refractivity contribution in [2.45, 2.75) is 4.90 Å². The number of ketones is 1. The van der Waals surface area contributed by atoms with E-state index in [0.29, 0.717) is 31.9 Å². The van der Waals surface area contributed by atoms with Crippen LogP contribution in [0.3, 0.4) is 0 Å². The van der Waals surface area contributed by atoms with Gasteiger partial charge in [0.2, 0.25) is 10.0 Å². The lowest BCUT2D eigenvalue weighted by Crippen LogP contribution is -2.40. The maximum atomic E-state index is 12.9. The van der Waals surface area contributed by atoms with E-state index in [9.17, 15) is 22.4 Å². The standard InChI is InChI=1S/C21H20FNO6S/c22-18-6-4-17(5-7-18)20(24)15-29-21(25)10-3-16-1-8-19(9-2-16)30(26,27)23-11-13-28-14-12-23/h1-10H,11-15H2/b10-3+. The van der Waals surface area contributed by atoms with E-state index in [0.717, 1.165) is 18.2 Å². The van der Waals surface area contributed by atoms with Crippen molar-refractivity contribution < 1.29 is 31.9 Å². The predicted molar refractivity (Wildman–Crippen MR) is 107 cm³/mol. The molecule has 1 heterocycles. The monoisotopic (exact) mass is 433 g/mol. The molecule has 7 nitrogen and oxygen atoms in total. The van der Waals surface area contributed by atoms with Crippen LogP contribution < -0.4 is 0 Å². The Bertz CT molecular complexity index is 1030. The van der Waals surface area contributed by atoms with Crippen LogP contribution >= 0.6 is 0 Å². The van der Waals surface area contributed by atoms with Crippen molar-refractivity contribution in [3.63, 3.8) is 0 Å². The number of morpholine rings is 1. The molecule has 0 atom stereocenters. The molecule has 9 heteroatoms. The highest BCUT2D eigenvalue weighted by molar-refractivity contribution is 7.89. The number of halogens is 1. The van der Waals surface area contributed by atoms with Crippen molar-refractivity contribution in [2.24, 2.45) is 0 Å². The second-order valence-corrected chi connectivity index (χ2v) is 8.39. The number of esters is 1. The maximum Gasteiger partial charge on any atom is 0.331 e. The fourth-order valence-corrected chi connectivity index (χ4v) is 4.16. The molecule has 0 saturated carbocycles. The molecule has 1 aliphatic rings. The van der Waals surface area contributed by atoms with Gasteiger partial charge in [0.25, 0.3) is 0 Å². The fraction of sp³-hybridized carbons (Fsp3) is 0.238. The molecule has 0 unspecified atom stereocenters. The third kappa shape index (κ3) is 5.59. The molecule has 0 N–H and O–H groups in total. The number of ether oxygens (including phenoxy) is 2. The van der Waals surface area contributed by atoms with Gasteiger partial charge in [-0.2, -0.15) is 4.31 Å². The second kappa shape index (κ2) is 9.75. The molecule has 3 rings (SSSR count). The van der Waals surface area contributed by atoms with Gasteiger partial charge in [-0.15, -0.1) is 0 Å². The fourth-order valence-electron chi connectivity index (χ4n) is 2.76. The van der Waals surface area contributed by atoms with Gasteiger partial charge < -0.3 is 9.47 Å². The number of rotatable bonds is 7. The number of carbonyl (C=O) groups is 2. The Balaban J connectivity index is 1.54. The molecule has 0 radical (unpaired) electrons. The van der Waals surface area contributed by atoms with Crippen molar-refractivity contribution in [2.75, 3.05) is 32.9 Å². The number of hydrogen-bond donors (Lipinski definition) is 0. The Kier molecular flexibility index (Phi) is 7.09. The smallest absolute Gasteiger partial charge is 0.331 e. The summed E-state index contributed by atoms with van der Waals surface area (Å²) >= 11 is 0. The Morgan fingerprint density at radius 2 is 1.67 bits per heavy atom. The zero-order valence-corrected chi connectivity index (χ0v) is 16.8. The van der Waals surface area contributed by atoms with E-state index in [1.54, 1.807) is 12.1 Å². The maximum absolute atomic E-state index is 12.9. The summed E-state index contributed by atoms with van der Waals surface area (Å²) < 4.78 is 49.4. The summed E-state index contributed by atoms with van der Waals surface area (Å²) in [4.78, 5) is 23.9. The van der Waals surface area contributed by atoms with E-state index in [1.165, 1.54) is 34.6 Å². The molecule has 2 aromatic rings. The van der Waals surface area contributed by atoms with Crippen LogP contribution in [0.4, 0.5) is 4.39 Å². The van der Waals surface area contributed by atoms with Crippen LogP contribution in [0.15, 0.2) is 59.5 Å². The molecule has 30 heavy (non-hydrogen) atoms. The van der Waals surface area contributed by atoms with Crippen molar-refractivity contribution >= 4 is 27.9 Å². The van der Waals surface area contributed by atoms with Gasteiger partial charge in [0, 0.05) is 24.7 Å². The summed E-state index contributed by atoms with van der Waals surface area (Å²) in [6.07, 6.45) is 2.60. The van der Waals surface area contributed by atoms with Gasteiger partial charge in [-0.1, -0.05) is 12.1 Å². The van der Waals surface area contributed by atoms with Crippen molar-refractivity contribution in [3.8, 4) is 0 Å². The third-order valence-electron chi connectivity index (χ3n) is 4.41. The SMILES string of the molecule is O=C(/C=C/c1ccc(S(=O)(=O)N2CCOCC2)cc1)OCC(=O)c1ccc(F)cc1. The minimum atomic E-state index is -3.58. The molecule has 158 valence electrons. The summed E-state index contributed by atoms with van der Waals surface area (Å²) in [5, 5.41) is 0. The molecule has 0 amide bonds. The second-order valence-electron chi connectivity index (χ2n) is 6.46. The minimum absolute atomic E-state index is 0.161. The van der Waals surface area contributed by atoms with Gasteiger partial charge in [0.15, 0.2) is 12.4 Å². The first kappa shape index (κ1) is 21.8. The van der Waals surface area contributed by atoms with Gasteiger partial charge in [-0.25, -0.2) is 17.6 Å². The summed E-state index contributed by atoms with van der Waals surface area (Å²) in [5.74, 6) is -1.64. The van der Waals surface area contributed by atoms with Crippen LogP contribution in [0.5, 0.6) is 0 Å².